The lowest BCUT2D eigenvalue weighted by atomic mass is 10.4. The van der Waals surface area contributed by atoms with Crippen molar-refractivity contribution >= 4 is 16.3 Å². The molecule has 5 nitrogen and oxygen atoms in total. The molecular formula is C9H9F3N2O3S. The zero-order chi connectivity index (χ0) is 14.0. The van der Waals surface area contributed by atoms with Gasteiger partial charge < -0.3 is 0 Å². The van der Waals surface area contributed by atoms with Gasteiger partial charge in [-0.3, -0.25) is 4.79 Å². The summed E-state index contributed by atoms with van der Waals surface area (Å²) in [5, 5.41) is -0.636. The second-order valence-electron chi connectivity index (χ2n) is 3.40. The van der Waals surface area contributed by atoms with E-state index in [2.05, 4.69) is 4.98 Å². The van der Waals surface area contributed by atoms with Gasteiger partial charge in [0.05, 0.1) is 0 Å². The number of nitrogens with zero attached hydrogens (tertiary/aromatic N) is 1. The summed E-state index contributed by atoms with van der Waals surface area (Å²) in [6, 6.07) is 1.20. The number of nitrogens with one attached hydrogen (secondary N) is 1. The summed E-state index contributed by atoms with van der Waals surface area (Å²) < 4.78 is 61.3. The molecule has 1 atom stereocenters. The van der Waals surface area contributed by atoms with Crippen LogP contribution in [0.4, 0.5) is 13.2 Å². The van der Waals surface area contributed by atoms with E-state index in [-0.39, 0.29) is 5.69 Å². The van der Waals surface area contributed by atoms with Crippen LogP contribution in [-0.2, 0) is 10.0 Å². The lowest BCUT2D eigenvalue weighted by molar-refractivity contribution is -0.147. The number of aromatic nitrogens is 1. The minimum atomic E-state index is -4.70. The number of hydrogen-bond donors (Lipinski definition) is 1. The summed E-state index contributed by atoms with van der Waals surface area (Å²) >= 11 is 0. The van der Waals surface area contributed by atoms with E-state index in [1.165, 1.54) is 16.9 Å². The molecule has 0 aliphatic heterocycles. The van der Waals surface area contributed by atoms with Gasteiger partial charge in [-0.1, -0.05) is 6.07 Å². The van der Waals surface area contributed by atoms with Gasteiger partial charge in [0.1, 0.15) is 11.7 Å². The Kier molecular flexibility index (Phi) is 4.07. The van der Waals surface area contributed by atoms with Crippen LogP contribution in [0.25, 0.3) is 0 Å². The van der Waals surface area contributed by atoms with Crippen LogP contribution in [0.3, 0.4) is 0 Å². The first kappa shape index (κ1) is 14.6. The van der Waals surface area contributed by atoms with Crippen LogP contribution < -0.4 is 4.72 Å². The van der Waals surface area contributed by atoms with Crippen LogP contribution in [-0.4, -0.2) is 31.9 Å². The van der Waals surface area contributed by atoms with Crippen molar-refractivity contribution in [2.75, 3.05) is 0 Å². The van der Waals surface area contributed by atoms with Gasteiger partial charge in [-0.2, -0.15) is 17.9 Å². The highest BCUT2D eigenvalue weighted by Crippen LogP contribution is 2.21. The molecular weight excluding hydrogens is 273 g/mol. The monoisotopic (exact) mass is 282 g/mol. The molecule has 0 saturated heterocycles. The molecule has 0 fully saturated rings. The van der Waals surface area contributed by atoms with Crippen molar-refractivity contribution in [3.8, 4) is 0 Å². The summed E-state index contributed by atoms with van der Waals surface area (Å²) in [5.74, 6) is 0. The van der Waals surface area contributed by atoms with Crippen molar-refractivity contribution in [3.63, 3.8) is 0 Å². The van der Waals surface area contributed by atoms with E-state index in [0.29, 0.717) is 13.2 Å². The molecule has 1 aromatic rings. The standard InChI is InChI=1S/C9H9F3N2O3S/c1-6(9(10,11)12)14-18(16,17)8-4-2-3-7(5-15)13-8/h2-6,14H,1H3. The molecule has 0 saturated carbocycles. The summed E-state index contributed by atoms with van der Waals surface area (Å²) in [7, 11) is -4.42. The first-order chi connectivity index (χ1) is 8.16. The van der Waals surface area contributed by atoms with Gasteiger partial charge in [0.2, 0.25) is 0 Å². The highest BCUT2D eigenvalue weighted by atomic mass is 32.2. The molecule has 1 aromatic heterocycles. The predicted molar refractivity (Wildman–Crippen MR) is 55.5 cm³/mol. The molecule has 18 heavy (non-hydrogen) atoms. The van der Waals surface area contributed by atoms with Crippen LogP contribution in [0, 0.1) is 0 Å². The van der Waals surface area contributed by atoms with E-state index in [9.17, 15) is 26.4 Å². The average molecular weight is 282 g/mol. The Bertz CT molecular complexity index is 542. The Morgan fingerprint density at radius 2 is 2.00 bits per heavy atom. The van der Waals surface area contributed by atoms with E-state index in [4.69, 9.17) is 0 Å². The normalized spacial score (nSPS) is 14.2. The molecule has 1 N–H and O–H groups in total. The van der Waals surface area contributed by atoms with Gasteiger partial charge in [-0.05, 0) is 19.1 Å². The minimum absolute atomic E-state index is 0.183. The summed E-state index contributed by atoms with van der Waals surface area (Å²) in [4.78, 5) is 13.8. The summed E-state index contributed by atoms with van der Waals surface area (Å²) in [6.45, 7) is 0.668. The van der Waals surface area contributed by atoms with Crippen molar-refractivity contribution in [2.24, 2.45) is 0 Å². The Hall–Kier alpha value is -1.48. The Morgan fingerprint density at radius 1 is 1.39 bits per heavy atom. The van der Waals surface area contributed by atoms with Crippen LogP contribution in [0.5, 0.6) is 0 Å². The van der Waals surface area contributed by atoms with E-state index in [1.807, 2.05) is 0 Å². The molecule has 0 spiro atoms. The minimum Gasteiger partial charge on any atom is -0.296 e. The SMILES string of the molecule is CC(NS(=O)(=O)c1cccc(C=O)n1)C(F)(F)F. The quantitative estimate of drug-likeness (QED) is 0.840. The summed E-state index contributed by atoms with van der Waals surface area (Å²) in [6.07, 6.45) is -4.40. The van der Waals surface area contributed by atoms with E-state index in [1.54, 1.807) is 0 Å². The Morgan fingerprint density at radius 3 is 2.50 bits per heavy atom. The lowest BCUT2D eigenvalue weighted by Crippen LogP contribution is -2.43. The summed E-state index contributed by atoms with van der Waals surface area (Å²) in [5.41, 5.74) is -0.183. The van der Waals surface area contributed by atoms with Gasteiger partial charge >= 0.3 is 6.18 Å². The molecule has 1 heterocycles. The fraction of sp³-hybridized carbons (Fsp3) is 0.333. The molecule has 9 heteroatoms. The third-order valence-electron chi connectivity index (χ3n) is 1.96. The molecule has 0 aliphatic rings. The first-order valence-corrected chi connectivity index (χ1v) is 6.16. The fourth-order valence-corrected chi connectivity index (χ4v) is 2.21. The van der Waals surface area contributed by atoms with E-state index >= 15 is 0 Å². The van der Waals surface area contributed by atoms with Gasteiger partial charge in [-0.25, -0.2) is 13.4 Å². The molecule has 0 bridgehead atoms. The molecule has 100 valence electrons. The fourth-order valence-electron chi connectivity index (χ4n) is 1.01. The maximum atomic E-state index is 12.2. The van der Waals surface area contributed by atoms with Crippen molar-refractivity contribution in [2.45, 2.75) is 24.2 Å². The topological polar surface area (TPSA) is 76.1 Å². The van der Waals surface area contributed by atoms with Crippen LogP contribution in [0.2, 0.25) is 0 Å². The maximum Gasteiger partial charge on any atom is 0.404 e. The van der Waals surface area contributed by atoms with E-state index in [0.717, 1.165) is 6.07 Å². The Labute approximate surface area is 101 Å². The number of sulfonamides is 1. The maximum absolute atomic E-state index is 12.2. The molecule has 1 rings (SSSR count). The molecule has 0 aliphatic carbocycles. The second kappa shape index (κ2) is 5.02. The number of rotatable bonds is 4. The van der Waals surface area contributed by atoms with Crippen LogP contribution >= 0.6 is 0 Å². The molecule has 0 aromatic carbocycles. The van der Waals surface area contributed by atoms with Crippen LogP contribution in [0.1, 0.15) is 17.4 Å². The van der Waals surface area contributed by atoms with Gasteiger partial charge in [0.25, 0.3) is 10.0 Å². The second-order valence-corrected chi connectivity index (χ2v) is 5.06. The number of halogens is 3. The smallest absolute Gasteiger partial charge is 0.296 e. The predicted octanol–water partition coefficient (Wildman–Crippen LogP) is 1.12. The number of carbonyl (C=O) groups is 1. The number of hydrogen-bond acceptors (Lipinski definition) is 4. The largest absolute Gasteiger partial charge is 0.404 e. The number of carbonyl (C=O) groups excluding carboxylic acids is 1. The van der Waals surface area contributed by atoms with Gasteiger partial charge in [0, 0.05) is 0 Å². The third-order valence-corrected chi connectivity index (χ3v) is 3.41. The van der Waals surface area contributed by atoms with E-state index < -0.39 is 27.3 Å². The zero-order valence-electron chi connectivity index (χ0n) is 9.10. The first-order valence-electron chi connectivity index (χ1n) is 4.68. The Balaban J connectivity index is 3.03. The molecule has 0 amide bonds. The number of alkyl halides is 3. The van der Waals surface area contributed by atoms with Gasteiger partial charge in [-0.15, -0.1) is 0 Å². The van der Waals surface area contributed by atoms with Gasteiger partial charge in [0.15, 0.2) is 11.3 Å². The highest BCUT2D eigenvalue weighted by Gasteiger charge is 2.39. The molecule has 1 unspecified atom stereocenters. The highest BCUT2D eigenvalue weighted by molar-refractivity contribution is 7.89. The number of aldehydes is 1. The molecule has 0 radical (unpaired) electrons. The lowest BCUT2D eigenvalue weighted by Gasteiger charge is -2.16. The van der Waals surface area contributed by atoms with Crippen molar-refractivity contribution in [1.82, 2.24) is 9.71 Å². The van der Waals surface area contributed by atoms with Crippen molar-refractivity contribution in [3.05, 3.63) is 23.9 Å². The third kappa shape index (κ3) is 3.50. The number of pyridine rings is 1. The van der Waals surface area contributed by atoms with Crippen molar-refractivity contribution in [1.29, 1.82) is 0 Å². The van der Waals surface area contributed by atoms with Crippen LogP contribution in [0.15, 0.2) is 23.2 Å². The van der Waals surface area contributed by atoms with Crippen molar-refractivity contribution < 1.29 is 26.4 Å². The zero-order valence-corrected chi connectivity index (χ0v) is 9.92. The average Bonchev–Trinajstić information content (AvgIpc) is 2.27.